The SMILES string of the molecule is O=c1[nH]c(O)c(Cc2ccc(OCCc3cccc(C(F)F)c3)cc2)s1. The van der Waals surface area contributed by atoms with Crippen LogP contribution in [0.3, 0.4) is 0 Å². The molecule has 0 saturated carbocycles. The number of ether oxygens (including phenoxy) is 1. The van der Waals surface area contributed by atoms with Crippen LogP contribution in [0, 0.1) is 0 Å². The summed E-state index contributed by atoms with van der Waals surface area (Å²) in [5.41, 5.74) is 1.76. The third-order valence-electron chi connectivity index (χ3n) is 3.85. The van der Waals surface area contributed by atoms with Gasteiger partial charge in [0.25, 0.3) is 6.43 Å². The smallest absolute Gasteiger partial charge is 0.307 e. The number of rotatable bonds is 7. The molecular weight excluding hydrogens is 360 g/mol. The van der Waals surface area contributed by atoms with E-state index in [4.69, 9.17) is 4.74 Å². The molecule has 0 fully saturated rings. The van der Waals surface area contributed by atoms with E-state index in [0.717, 1.165) is 22.5 Å². The van der Waals surface area contributed by atoms with Crippen LogP contribution >= 0.6 is 11.3 Å². The molecule has 0 unspecified atom stereocenters. The van der Waals surface area contributed by atoms with Crippen LogP contribution in [0.15, 0.2) is 53.3 Å². The number of halogens is 2. The summed E-state index contributed by atoms with van der Waals surface area (Å²) in [6, 6.07) is 13.6. The summed E-state index contributed by atoms with van der Waals surface area (Å²) in [4.78, 5) is 13.8. The van der Waals surface area contributed by atoms with Gasteiger partial charge in [-0.2, -0.15) is 0 Å². The first-order valence-corrected chi connectivity index (χ1v) is 8.82. The highest BCUT2D eigenvalue weighted by atomic mass is 32.1. The fourth-order valence-electron chi connectivity index (χ4n) is 2.53. The largest absolute Gasteiger partial charge is 0.494 e. The van der Waals surface area contributed by atoms with Crippen molar-refractivity contribution in [3.8, 4) is 11.6 Å². The zero-order valence-corrected chi connectivity index (χ0v) is 14.6. The van der Waals surface area contributed by atoms with Gasteiger partial charge < -0.3 is 9.84 Å². The van der Waals surface area contributed by atoms with Crippen molar-refractivity contribution in [3.63, 3.8) is 0 Å². The van der Waals surface area contributed by atoms with E-state index < -0.39 is 6.43 Å². The maximum Gasteiger partial charge on any atom is 0.307 e. The van der Waals surface area contributed by atoms with E-state index in [1.165, 1.54) is 12.1 Å². The molecule has 0 amide bonds. The highest BCUT2D eigenvalue weighted by molar-refractivity contribution is 7.09. The zero-order valence-electron chi connectivity index (χ0n) is 13.7. The van der Waals surface area contributed by atoms with E-state index in [0.29, 0.717) is 30.1 Å². The average molecular weight is 377 g/mol. The highest BCUT2D eigenvalue weighted by Crippen LogP contribution is 2.22. The third kappa shape index (κ3) is 4.70. The number of thiazole rings is 1. The van der Waals surface area contributed by atoms with Gasteiger partial charge in [-0.05, 0) is 23.3 Å². The minimum atomic E-state index is -2.47. The maximum atomic E-state index is 12.7. The molecule has 0 spiro atoms. The average Bonchev–Trinajstić information content (AvgIpc) is 2.94. The van der Waals surface area contributed by atoms with Crippen molar-refractivity contribution in [1.29, 1.82) is 0 Å². The predicted molar refractivity (Wildman–Crippen MR) is 96.5 cm³/mol. The van der Waals surface area contributed by atoms with E-state index in [1.807, 2.05) is 12.1 Å². The lowest BCUT2D eigenvalue weighted by Crippen LogP contribution is -2.02. The number of nitrogens with one attached hydrogen (secondary N) is 1. The highest BCUT2D eigenvalue weighted by Gasteiger charge is 2.08. The molecule has 2 N–H and O–H groups in total. The maximum absolute atomic E-state index is 12.7. The molecule has 0 aliphatic rings. The molecule has 3 rings (SSSR count). The summed E-state index contributed by atoms with van der Waals surface area (Å²) in [7, 11) is 0. The van der Waals surface area contributed by atoms with E-state index in [2.05, 4.69) is 4.98 Å². The molecule has 136 valence electrons. The van der Waals surface area contributed by atoms with Gasteiger partial charge in [-0.3, -0.25) is 9.78 Å². The minimum Gasteiger partial charge on any atom is -0.494 e. The van der Waals surface area contributed by atoms with Crippen molar-refractivity contribution in [2.24, 2.45) is 0 Å². The number of aromatic hydroxyl groups is 1. The second kappa shape index (κ2) is 8.14. The fraction of sp³-hybridized carbons (Fsp3) is 0.211. The Balaban J connectivity index is 1.54. The van der Waals surface area contributed by atoms with Crippen LogP contribution in [-0.4, -0.2) is 16.7 Å². The lowest BCUT2D eigenvalue weighted by molar-refractivity contribution is 0.151. The van der Waals surface area contributed by atoms with E-state index in [1.54, 1.807) is 24.3 Å². The number of aromatic amines is 1. The van der Waals surface area contributed by atoms with Crippen LogP contribution in [0.25, 0.3) is 0 Å². The molecular formula is C19H17F2NO3S. The molecule has 7 heteroatoms. The summed E-state index contributed by atoms with van der Waals surface area (Å²) in [5, 5.41) is 9.61. The predicted octanol–water partition coefficient (Wildman–Crippen LogP) is 4.29. The zero-order chi connectivity index (χ0) is 18.5. The van der Waals surface area contributed by atoms with Crippen molar-refractivity contribution >= 4 is 11.3 Å². The molecule has 0 atom stereocenters. The van der Waals surface area contributed by atoms with Crippen molar-refractivity contribution < 1.29 is 18.6 Å². The molecule has 26 heavy (non-hydrogen) atoms. The first-order valence-electron chi connectivity index (χ1n) is 8.01. The quantitative estimate of drug-likeness (QED) is 0.646. The van der Waals surface area contributed by atoms with Crippen LogP contribution in [0.5, 0.6) is 11.6 Å². The summed E-state index contributed by atoms with van der Waals surface area (Å²) in [6.45, 7) is 0.381. The third-order valence-corrected chi connectivity index (χ3v) is 4.72. The van der Waals surface area contributed by atoms with E-state index in [-0.39, 0.29) is 16.3 Å². The molecule has 0 aliphatic heterocycles. The lowest BCUT2D eigenvalue weighted by atomic mass is 10.1. The van der Waals surface area contributed by atoms with Gasteiger partial charge in [-0.15, -0.1) is 0 Å². The van der Waals surface area contributed by atoms with Crippen LogP contribution in [-0.2, 0) is 12.8 Å². The molecule has 0 bridgehead atoms. The molecule has 0 radical (unpaired) electrons. The van der Waals surface area contributed by atoms with Gasteiger partial charge in [0.05, 0.1) is 11.5 Å². The number of benzene rings is 2. The van der Waals surface area contributed by atoms with Gasteiger partial charge in [0.15, 0.2) is 0 Å². The molecule has 0 aliphatic carbocycles. The summed E-state index contributed by atoms with van der Waals surface area (Å²) in [6.07, 6.45) is -1.48. The number of aromatic nitrogens is 1. The minimum absolute atomic E-state index is 0.0159. The van der Waals surface area contributed by atoms with Crippen molar-refractivity contribution in [1.82, 2.24) is 4.98 Å². The standard InChI is InChI=1S/C19H17F2NO3S/c20-17(21)14-3-1-2-12(10-14)8-9-25-15-6-4-13(5-7-15)11-16-18(23)22-19(24)26-16/h1-7,10,17,23H,8-9,11H2,(H,22,24). The molecule has 0 saturated heterocycles. The topological polar surface area (TPSA) is 62.3 Å². The summed E-state index contributed by atoms with van der Waals surface area (Å²) in [5.74, 6) is 0.580. The van der Waals surface area contributed by atoms with Gasteiger partial charge in [-0.25, -0.2) is 8.78 Å². The Morgan fingerprint density at radius 2 is 1.88 bits per heavy atom. The lowest BCUT2D eigenvalue weighted by Gasteiger charge is -2.08. The number of hydrogen-bond donors (Lipinski definition) is 2. The second-order valence-electron chi connectivity index (χ2n) is 5.75. The summed E-state index contributed by atoms with van der Waals surface area (Å²) < 4.78 is 31.0. The van der Waals surface area contributed by atoms with Gasteiger partial charge >= 0.3 is 4.87 Å². The number of alkyl halides is 2. The first kappa shape index (κ1) is 18.1. The monoisotopic (exact) mass is 377 g/mol. The van der Waals surface area contributed by atoms with Crippen molar-refractivity contribution in [2.75, 3.05) is 6.61 Å². The van der Waals surface area contributed by atoms with Crippen molar-refractivity contribution in [3.05, 3.63) is 79.8 Å². The summed E-state index contributed by atoms with van der Waals surface area (Å²) >= 11 is 0.982. The number of hydrogen-bond acceptors (Lipinski definition) is 4. The van der Waals surface area contributed by atoms with Gasteiger partial charge in [0.2, 0.25) is 5.88 Å². The van der Waals surface area contributed by atoms with Crippen LogP contribution in [0.2, 0.25) is 0 Å². The first-order chi connectivity index (χ1) is 12.5. The molecule has 1 heterocycles. The van der Waals surface area contributed by atoms with E-state index in [9.17, 15) is 18.7 Å². The molecule has 2 aromatic carbocycles. The molecule has 4 nitrogen and oxygen atoms in total. The van der Waals surface area contributed by atoms with Gasteiger partial charge in [-0.1, -0.05) is 47.7 Å². The van der Waals surface area contributed by atoms with Crippen molar-refractivity contribution in [2.45, 2.75) is 19.3 Å². The Labute approximate surface area is 152 Å². The van der Waals surface area contributed by atoms with E-state index >= 15 is 0 Å². The number of H-pyrrole nitrogens is 1. The van der Waals surface area contributed by atoms with Gasteiger partial charge in [0.1, 0.15) is 5.75 Å². The van der Waals surface area contributed by atoms with Gasteiger partial charge in [0, 0.05) is 18.4 Å². The molecule has 3 aromatic rings. The Morgan fingerprint density at radius 1 is 1.12 bits per heavy atom. The normalized spacial score (nSPS) is 11.0. The second-order valence-corrected chi connectivity index (χ2v) is 6.82. The van der Waals surface area contributed by atoms with Crippen LogP contribution < -0.4 is 9.61 Å². The Morgan fingerprint density at radius 3 is 2.54 bits per heavy atom. The Kier molecular flexibility index (Phi) is 5.68. The fourth-order valence-corrected chi connectivity index (χ4v) is 3.29. The Hall–Kier alpha value is -2.67. The Bertz CT molecular complexity index is 919. The molecule has 1 aromatic heterocycles. The van der Waals surface area contributed by atoms with Crippen LogP contribution in [0.4, 0.5) is 8.78 Å². The van der Waals surface area contributed by atoms with Crippen LogP contribution in [0.1, 0.15) is 28.0 Å².